The monoisotopic (exact) mass is 350 g/mol. The van der Waals surface area contributed by atoms with E-state index in [1.54, 1.807) is 16.9 Å². The van der Waals surface area contributed by atoms with Crippen LogP contribution in [0.2, 0.25) is 0 Å². The van der Waals surface area contributed by atoms with E-state index in [0.29, 0.717) is 5.69 Å². The van der Waals surface area contributed by atoms with Crippen LogP contribution in [-0.4, -0.2) is 26.5 Å². The molecule has 6 nitrogen and oxygen atoms in total. The predicted molar refractivity (Wildman–Crippen MR) is 102 cm³/mol. The molecule has 0 unspecified atom stereocenters. The molecule has 0 fully saturated rings. The van der Waals surface area contributed by atoms with Crippen molar-refractivity contribution in [1.82, 2.24) is 14.8 Å². The number of pyridine rings is 1. The van der Waals surface area contributed by atoms with Crippen LogP contribution in [0.3, 0.4) is 0 Å². The first kappa shape index (κ1) is 17.7. The minimum absolute atomic E-state index is 0.493. The lowest BCUT2D eigenvalue weighted by Gasteiger charge is -2.19. The van der Waals surface area contributed by atoms with Gasteiger partial charge in [0.15, 0.2) is 0 Å². The second kappa shape index (κ2) is 7.00. The van der Waals surface area contributed by atoms with Gasteiger partial charge in [-0.3, -0.25) is 15.0 Å². The number of carbonyl (C=O) groups is 1. The number of ether oxygens (including phenoxy) is 1. The van der Waals surface area contributed by atoms with Crippen LogP contribution < -0.4 is 5.32 Å². The van der Waals surface area contributed by atoms with Crippen molar-refractivity contribution in [2.75, 3.05) is 5.32 Å². The number of rotatable bonds is 3. The molecule has 134 valence electrons. The Bertz CT molecular complexity index is 891. The van der Waals surface area contributed by atoms with Crippen LogP contribution in [0.25, 0.3) is 22.4 Å². The molecule has 3 aromatic rings. The molecule has 3 rings (SSSR count). The number of nitrogens with one attached hydrogen (secondary N) is 1. The quantitative estimate of drug-likeness (QED) is 0.755. The van der Waals surface area contributed by atoms with E-state index in [2.05, 4.69) is 15.4 Å². The molecule has 1 N–H and O–H groups in total. The Labute approximate surface area is 152 Å². The first-order chi connectivity index (χ1) is 12.3. The molecule has 1 aromatic carbocycles. The molecule has 0 aliphatic heterocycles. The van der Waals surface area contributed by atoms with E-state index in [1.165, 1.54) is 0 Å². The third kappa shape index (κ3) is 4.47. The maximum absolute atomic E-state index is 11.8. The van der Waals surface area contributed by atoms with Gasteiger partial charge in [0, 0.05) is 24.4 Å². The molecule has 26 heavy (non-hydrogen) atoms. The minimum Gasteiger partial charge on any atom is -0.444 e. The van der Waals surface area contributed by atoms with Gasteiger partial charge in [-0.1, -0.05) is 24.3 Å². The number of aryl methyl sites for hydroxylation is 1. The molecule has 1 amide bonds. The maximum atomic E-state index is 11.8. The van der Waals surface area contributed by atoms with E-state index in [4.69, 9.17) is 4.74 Å². The van der Waals surface area contributed by atoms with Crippen molar-refractivity contribution in [2.24, 2.45) is 7.05 Å². The van der Waals surface area contributed by atoms with E-state index >= 15 is 0 Å². The smallest absolute Gasteiger partial charge is 0.412 e. The van der Waals surface area contributed by atoms with Crippen LogP contribution >= 0.6 is 0 Å². The molecule has 0 atom stereocenters. The first-order valence-corrected chi connectivity index (χ1v) is 8.36. The molecule has 6 heteroatoms. The van der Waals surface area contributed by atoms with E-state index in [-0.39, 0.29) is 0 Å². The molecule has 0 radical (unpaired) electrons. The minimum atomic E-state index is -0.534. The van der Waals surface area contributed by atoms with E-state index in [0.717, 1.165) is 22.4 Å². The van der Waals surface area contributed by atoms with Crippen molar-refractivity contribution in [3.05, 3.63) is 55.0 Å². The fraction of sp³-hybridized carbons (Fsp3) is 0.250. The highest BCUT2D eigenvalue weighted by Crippen LogP contribution is 2.24. The van der Waals surface area contributed by atoms with E-state index in [1.807, 2.05) is 70.5 Å². The second-order valence-corrected chi connectivity index (χ2v) is 7.04. The summed E-state index contributed by atoms with van der Waals surface area (Å²) in [7, 11) is 1.90. The number of hydrogen-bond donors (Lipinski definition) is 1. The summed E-state index contributed by atoms with van der Waals surface area (Å²) in [4.78, 5) is 16.2. The average molecular weight is 350 g/mol. The van der Waals surface area contributed by atoms with Gasteiger partial charge in [0.05, 0.1) is 23.8 Å². The molecule has 2 aromatic heterocycles. The SMILES string of the molecule is Cn1cc(-c2ccc(-c3ccc(NC(=O)OC(C)(C)C)cn3)cc2)cn1. The number of aromatic nitrogens is 3. The van der Waals surface area contributed by atoms with E-state index in [9.17, 15) is 4.79 Å². The first-order valence-electron chi connectivity index (χ1n) is 8.36. The fourth-order valence-corrected chi connectivity index (χ4v) is 2.46. The van der Waals surface area contributed by atoms with Gasteiger partial charge < -0.3 is 4.74 Å². The lowest BCUT2D eigenvalue weighted by Crippen LogP contribution is -2.27. The maximum Gasteiger partial charge on any atom is 0.412 e. The Balaban J connectivity index is 1.69. The number of benzene rings is 1. The zero-order valence-electron chi connectivity index (χ0n) is 15.4. The zero-order valence-corrected chi connectivity index (χ0v) is 15.4. The Morgan fingerprint density at radius 2 is 1.69 bits per heavy atom. The standard InChI is InChI=1S/C20H22N4O2/c1-20(2,3)26-19(25)23-17-9-10-18(21-12-17)15-7-5-14(6-8-15)16-11-22-24(4)13-16/h5-13H,1-4H3,(H,23,25). The van der Waals surface area contributed by atoms with Crippen LogP contribution in [-0.2, 0) is 11.8 Å². The molecule has 0 bridgehead atoms. The van der Waals surface area contributed by atoms with Gasteiger partial charge in [0.25, 0.3) is 0 Å². The van der Waals surface area contributed by atoms with Crippen LogP contribution in [0.5, 0.6) is 0 Å². The number of carbonyl (C=O) groups excluding carboxylic acids is 1. The van der Waals surface area contributed by atoms with Gasteiger partial charge >= 0.3 is 6.09 Å². The highest BCUT2D eigenvalue weighted by atomic mass is 16.6. The summed E-state index contributed by atoms with van der Waals surface area (Å²) >= 11 is 0. The molecule has 0 spiro atoms. The topological polar surface area (TPSA) is 69.0 Å². The molecule has 2 heterocycles. The van der Waals surface area contributed by atoms with E-state index < -0.39 is 11.7 Å². The summed E-state index contributed by atoms with van der Waals surface area (Å²) in [6, 6.07) is 11.8. The van der Waals surface area contributed by atoms with Crippen LogP contribution in [0, 0.1) is 0 Å². The van der Waals surface area contributed by atoms with Crippen molar-refractivity contribution in [3.8, 4) is 22.4 Å². The van der Waals surface area contributed by atoms with Crippen LogP contribution in [0.4, 0.5) is 10.5 Å². The van der Waals surface area contributed by atoms with Crippen molar-refractivity contribution in [1.29, 1.82) is 0 Å². The van der Waals surface area contributed by atoms with Gasteiger partial charge in [-0.2, -0.15) is 5.10 Å². The Hall–Kier alpha value is -3.15. The molecular weight excluding hydrogens is 328 g/mol. The number of anilines is 1. The van der Waals surface area contributed by atoms with Crippen molar-refractivity contribution >= 4 is 11.8 Å². The Morgan fingerprint density at radius 3 is 2.23 bits per heavy atom. The molecular formula is C20H22N4O2. The van der Waals surface area contributed by atoms with Crippen LogP contribution in [0.15, 0.2) is 55.0 Å². The summed E-state index contributed by atoms with van der Waals surface area (Å²) < 4.78 is 7.01. The van der Waals surface area contributed by atoms with Gasteiger partial charge in [-0.15, -0.1) is 0 Å². The largest absolute Gasteiger partial charge is 0.444 e. The molecule has 0 saturated carbocycles. The molecule has 0 aliphatic carbocycles. The van der Waals surface area contributed by atoms with Gasteiger partial charge in [-0.05, 0) is 38.5 Å². The number of nitrogens with zero attached hydrogens (tertiary/aromatic N) is 3. The van der Waals surface area contributed by atoms with Gasteiger partial charge in [0.2, 0.25) is 0 Å². The lowest BCUT2D eigenvalue weighted by atomic mass is 10.1. The summed E-state index contributed by atoms with van der Waals surface area (Å²) in [5, 5.41) is 6.87. The summed E-state index contributed by atoms with van der Waals surface area (Å²) in [5.74, 6) is 0. The third-order valence-electron chi connectivity index (χ3n) is 3.63. The van der Waals surface area contributed by atoms with Crippen molar-refractivity contribution < 1.29 is 9.53 Å². The highest BCUT2D eigenvalue weighted by molar-refractivity contribution is 5.84. The van der Waals surface area contributed by atoms with Crippen molar-refractivity contribution in [3.63, 3.8) is 0 Å². The average Bonchev–Trinajstić information content (AvgIpc) is 3.00. The second-order valence-electron chi connectivity index (χ2n) is 7.04. The summed E-state index contributed by atoms with van der Waals surface area (Å²) in [5.41, 5.74) is 4.07. The van der Waals surface area contributed by atoms with Crippen molar-refractivity contribution in [2.45, 2.75) is 26.4 Å². The van der Waals surface area contributed by atoms with Crippen LogP contribution in [0.1, 0.15) is 20.8 Å². The normalized spacial score (nSPS) is 11.2. The highest BCUT2D eigenvalue weighted by Gasteiger charge is 2.16. The molecule has 0 aliphatic rings. The predicted octanol–water partition coefficient (Wildman–Crippen LogP) is 4.50. The lowest BCUT2D eigenvalue weighted by molar-refractivity contribution is 0.0636. The summed E-state index contributed by atoms with van der Waals surface area (Å²) in [6.45, 7) is 5.47. The number of hydrogen-bond acceptors (Lipinski definition) is 4. The molecule has 0 saturated heterocycles. The van der Waals surface area contributed by atoms with Gasteiger partial charge in [0.1, 0.15) is 5.60 Å². The Morgan fingerprint density at radius 1 is 1.00 bits per heavy atom. The third-order valence-corrected chi connectivity index (χ3v) is 3.63. The summed E-state index contributed by atoms with van der Waals surface area (Å²) in [6.07, 6.45) is 4.94. The van der Waals surface area contributed by atoms with Gasteiger partial charge in [-0.25, -0.2) is 4.79 Å². The fourth-order valence-electron chi connectivity index (χ4n) is 2.46. The Kier molecular flexibility index (Phi) is 4.75. The number of amides is 1. The zero-order chi connectivity index (χ0) is 18.7.